The molecule has 4 heteroatoms. The lowest BCUT2D eigenvalue weighted by atomic mass is 9.74. The van der Waals surface area contributed by atoms with Crippen LogP contribution in [0.1, 0.15) is 25.3 Å². The molecule has 0 fully saturated rings. The van der Waals surface area contributed by atoms with Crippen LogP contribution in [0.25, 0.3) is 0 Å². The molecular formula is C14H20O4. The largest absolute Gasteiger partial charge is 0.481 e. The van der Waals surface area contributed by atoms with E-state index >= 15 is 0 Å². The van der Waals surface area contributed by atoms with Gasteiger partial charge in [-0.25, -0.2) is 0 Å². The van der Waals surface area contributed by atoms with Crippen LogP contribution in [-0.4, -0.2) is 36.0 Å². The first-order chi connectivity index (χ1) is 8.56. The van der Waals surface area contributed by atoms with Gasteiger partial charge in [0, 0.05) is 7.11 Å². The molecule has 0 aliphatic rings. The third-order valence-electron chi connectivity index (χ3n) is 3.28. The van der Waals surface area contributed by atoms with Gasteiger partial charge in [-0.05, 0) is 18.4 Å². The summed E-state index contributed by atoms with van der Waals surface area (Å²) in [7, 11) is 1.49. The number of hydrogen-bond acceptors (Lipinski definition) is 3. The Morgan fingerprint density at radius 2 is 2.00 bits per heavy atom. The highest BCUT2D eigenvalue weighted by atomic mass is 16.5. The Labute approximate surface area is 107 Å². The maximum atomic E-state index is 11.6. The van der Waals surface area contributed by atoms with Crippen LogP contribution >= 0.6 is 0 Å². The summed E-state index contributed by atoms with van der Waals surface area (Å²) in [6.07, 6.45) is -0.213. The average molecular weight is 252 g/mol. The summed E-state index contributed by atoms with van der Waals surface area (Å²) in [5.74, 6) is -0.911. The predicted molar refractivity (Wildman–Crippen MR) is 68.5 cm³/mol. The van der Waals surface area contributed by atoms with E-state index in [4.69, 9.17) is 4.74 Å². The monoisotopic (exact) mass is 252 g/mol. The van der Waals surface area contributed by atoms with Gasteiger partial charge >= 0.3 is 5.97 Å². The lowest BCUT2D eigenvalue weighted by Crippen LogP contribution is -2.39. The zero-order valence-corrected chi connectivity index (χ0v) is 10.8. The minimum Gasteiger partial charge on any atom is -0.481 e. The van der Waals surface area contributed by atoms with Crippen molar-refractivity contribution in [2.24, 2.45) is 0 Å². The number of aliphatic hydroxyl groups excluding tert-OH is 1. The molecule has 2 N–H and O–H groups in total. The summed E-state index contributed by atoms with van der Waals surface area (Å²) in [4.78, 5) is 11.6. The number of carbonyl (C=O) groups is 1. The maximum Gasteiger partial charge on any atom is 0.314 e. The van der Waals surface area contributed by atoms with Gasteiger partial charge in [0.2, 0.25) is 0 Å². The molecule has 0 bridgehead atoms. The molecule has 100 valence electrons. The van der Waals surface area contributed by atoms with Crippen molar-refractivity contribution in [3.05, 3.63) is 35.9 Å². The number of hydrogen-bond donors (Lipinski definition) is 2. The molecule has 0 aliphatic carbocycles. The van der Waals surface area contributed by atoms with Crippen LogP contribution in [0, 0.1) is 0 Å². The molecule has 4 nitrogen and oxygen atoms in total. The minimum absolute atomic E-state index is 0.141. The van der Waals surface area contributed by atoms with E-state index in [1.54, 1.807) is 12.1 Å². The standard InChI is InChI=1S/C14H20O4/c1-3-14(13(16)17,9-12(15)10-18-2)11-7-5-4-6-8-11/h4-8,12,15H,3,9-10H2,1-2H3,(H,16,17). The highest BCUT2D eigenvalue weighted by molar-refractivity contribution is 5.81. The van der Waals surface area contributed by atoms with Crippen molar-refractivity contribution in [1.29, 1.82) is 0 Å². The first-order valence-electron chi connectivity index (χ1n) is 6.02. The highest BCUT2D eigenvalue weighted by Crippen LogP contribution is 2.33. The van der Waals surface area contributed by atoms with Crippen LogP contribution in [0.3, 0.4) is 0 Å². The molecule has 0 aliphatic heterocycles. The highest BCUT2D eigenvalue weighted by Gasteiger charge is 2.40. The fraction of sp³-hybridized carbons (Fsp3) is 0.500. The topological polar surface area (TPSA) is 66.8 Å². The summed E-state index contributed by atoms with van der Waals surface area (Å²) in [5.41, 5.74) is -0.339. The molecule has 2 atom stereocenters. The van der Waals surface area contributed by atoms with Crippen LogP contribution in [0.2, 0.25) is 0 Å². The molecule has 0 heterocycles. The van der Waals surface area contributed by atoms with E-state index in [0.29, 0.717) is 6.42 Å². The fourth-order valence-corrected chi connectivity index (χ4v) is 2.24. The van der Waals surface area contributed by atoms with Crippen molar-refractivity contribution >= 4 is 5.97 Å². The van der Waals surface area contributed by atoms with E-state index in [1.165, 1.54) is 7.11 Å². The molecule has 2 unspecified atom stereocenters. The normalized spacial score (nSPS) is 15.9. The zero-order chi connectivity index (χ0) is 13.6. The molecule has 0 aromatic heterocycles. The molecular weight excluding hydrogens is 232 g/mol. The number of benzene rings is 1. The average Bonchev–Trinajstić information content (AvgIpc) is 2.37. The third-order valence-corrected chi connectivity index (χ3v) is 3.28. The molecule has 1 aromatic carbocycles. The van der Waals surface area contributed by atoms with E-state index < -0.39 is 17.5 Å². The number of aliphatic carboxylic acids is 1. The minimum atomic E-state index is -1.06. The van der Waals surface area contributed by atoms with Crippen LogP contribution in [0.15, 0.2) is 30.3 Å². The Kier molecular flexibility index (Phi) is 5.31. The van der Waals surface area contributed by atoms with E-state index in [2.05, 4.69) is 0 Å². The van der Waals surface area contributed by atoms with Crippen molar-refractivity contribution in [1.82, 2.24) is 0 Å². The van der Waals surface area contributed by atoms with Gasteiger partial charge in [0.25, 0.3) is 0 Å². The van der Waals surface area contributed by atoms with Crippen molar-refractivity contribution in [2.45, 2.75) is 31.3 Å². The van der Waals surface area contributed by atoms with Crippen LogP contribution in [0.4, 0.5) is 0 Å². The van der Waals surface area contributed by atoms with Crippen molar-refractivity contribution in [3.63, 3.8) is 0 Å². The Morgan fingerprint density at radius 1 is 1.39 bits per heavy atom. The van der Waals surface area contributed by atoms with Gasteiger partial charge in [0.05, 0.1) is 18.1 Å². The molecule has 0 saturated carbocycles. The number of carboxylic acids is 1. The van der Waals surface area contributed by atoms with Crippen molar-refractivity contribution < 1.29 is 19.7 Å². The molecule has 0 saturated heterocycles. The van der Waals surface area contributed by atoms with Crippen LogP contribution in [0.5, 0.6) is 0 Å². The summed E-state index contributed by atoms with van der Waals surface area (Å²) in [6.45, 7) is 1.96. The van der Waals surface area contributed by atoms with Gasteiger partial charge in [0.15, 0.2) is 0 Å². The Balaban J connectivity index is 3.06. The second-order valence-electron chi connectivity index (χ2n) is 4.42. The molecule has 1 rings (SSSR count). The second-order valence-corrected chi connectivity index (χ2v) is 4.42. The van der Waals surface area contributed by atoms with Gasteiger partial charge in [0.1, 0.15) is 0 Å². The lowest BCUT2D eigenvalue weighted by molar-refractivity contribution is -0.145. The lowest BCUT2D eigenvalue weighted by Gasteiger charge is -2.30. The van der Waals surface area contributed by atoms with Gasteiger partial charge in [-0.15, -0.1) is 0 Å². The Hall–Kier alpha value is -1.39. The van der Waals surface area contributed by atoms with E-state index in [1.807, 2.05) is 25.1 Å². The molecule has 0 spiro atoms. The van der Waals surface area contributed by atoms with Gasteiger partial charge in [-0.1, -0.05) is 37.3 Å². The third kappa shape index (κ3) is 3.09. The number of rotatable bonds is 7. The number of carboxylic acid groups (broad SMARTS) is 1. The second kappa shape index (κ2) is 6.52. The summed E-state index contributed by atoms with van der Waals surface area (Å²) in [6, 6.07) is 9.04. The van der Waals surface area contributed by atoms with Crippen molar-refractivity contribution in [3.8, 4) is 0 Å². The van der Waals surface area contributed by atoms with E-state index in [9.17, 15) is 15.0 Å². The Bertz CT molecular complexity index is 377. The number of ether oxygens (including phenoxy) is 1. The summed E-state index contributed by atoms with van der Waals surface area (Å²) in [5, 5.41) is 19.4. The fourth-order valence-electron chi connectivity index (χ4n) is 2.24. The first-order valence-corrected chi connectivity index (χ1v) is 6.02. The maximum absolute atomic E-state index is 11.6. The van der Waals surface area contributed by atoms with Crippen LogP contribution in [-0.2, 0) is 14.9 Å². The zero-order valence-electron chi connectivity index (χ0n) is 10.8. The predicted octanol–water partition coefficient (Wildman–Crippen LogP) is 1.82. The smallest absolute Gasteiger partial charge is 0.314 e. The summed E-state index contributed by atoms with van der Waals surface area (Å²) >= 11 is 0. The van der Waals surface area contributed by atoms with Crippen LogP contribution < -0.4 is 0 Å². The quantitative estimate of drug-likeness (QED) is 0.776. The number of aliphatic hydroxyl groups is 1. The molecule has 1 aromatic rings. The first kappa shape index (κ1) is 14.7. The van der Waals surface area contributed by atoms with Gasteiger partial charge in [-0.3, -0.25) is 4.79 Å². The van der Waals surface area contributed by atoms with E-state index in [-0.39, 0.29) is 13.0 Å². The van der Waals surface area contributed by atoms with Gasteiger partial charge in [-0.2, -0.15) is 0 Å². The summed E-state index contributed by atoms with van der Waals surface area (Å²) < 4.78 is 4.87. The van der Waals surface area contributed by atoms with Gasteiger partial charge < -0.3 is 14.9 Å². The Morgan fingerprint density at radius 3 is 2.44 bits per heavy atom. The van der Waals surface area contributed by atoms with E-state index in [0.717, 1.165) is 5.56 Å². The molecule has 18 heavy (non-hydrogen) atoms. The number of methoxy groups -OCH3 is 1. The molecule has 0 radical (unpaired) electrons. The SMILES string of the molecule is CCC(CC(O)COC)(C(=O)O)c1ccccc1. The van der Waals surface area contributed by atoms with Crippen molar-refractivity contribution in [2.75, 3.05) is 13.7 Å². The molecule has 0 amide bonds.